The number of piperidine rings is 2. The fourth-order valence-corrected chi connectivity index (χ4v) is 6.87. The van der Waals surface area contributed by atoms with E-state index in [-0.39, 0.29) is 30.1 Å². The molecule has 2 saturated heterocycles. The average molecular weight is 519 g/mol. The van der Waals surface area contributed by atoms with Gasteiger partial charge < -0.3 is 10.2 Å². The van der Waals surface area contributed by atoms with Gasteiger partial charge in [-0.2, -0.15) is 0 Å². The second-order valence-corrected chi connectivity index (χ2v) is 11.2. The molecule has 0 amide bonds. The van der Waals surface area contributed by atoms with E-state index in [1.54, 1.807) is 0 Å². The van der Waals surface area contributed by atoms with E-state index in [1.807, 2.05) is 0 Å². The Labute approximate surface area is 232 Å². The van der Waals surface area contributed by atoms with Gasteiger partial charge in [-0.1, -0.05) is 128 Å². The Balaban J connectivity index is 1.58. The first-order valence-electron chi connectivity index (χ1n) is 14.2. The van der Waals surface area contributed by atoms with Crippen LogP contribution in [0, 0.1) is 5.92 Å². The van der Waals surface area contributed by atoms with Crippen molar-refractivity contribution in [3.8, 4) is 0 Å². The smallest absolute Gasteiger partial charge is 0.0603 e. The number of hydrazine groups is 1. The maximum Gasteiger partial charge on any atom is 0.0603 e. The fourth-order valence-electron chi connectivity index (χ4n) is 6.87. The van der Waals surface area contributed by atoms with Crippen LogP contribution in [0.2, 0.25) is 0 Å². The molecule has 39 heavy (non-hydrogen) atoms. The van der Waals surface area contributed by atoms with Gasteiger partial charge in [0.25, 0.3) is 0 Å². The third-order valence-corrected chi connectivity index (χ3v) is 8.76. The quantitative estimate of drug-likeness (QED) is 0.298. The molecule has 0 saturated carbocycles. The number of rotatable bonds is 5. The minimum Gasteiger partial charge on any atom is -0.393 e. The van der Waals surface area contributed by atoms with Crippen molar-refractivity contribution < 1.29 is 10.2 Å². The Morgan fingerprint density at radius 1 is 0.487 bits per heavy atom. The van der Waals surface area contributed by atoms with E-state index in [4.69, 9.17) is 0 Å². The molecule has 0 aliphatic carbocycles. The molecule has 2 N–H and O–H groups in total. The van der Waals surface area contributed by atoms with Gasteiger partial charge >= 0.3 is 0 Å². The Morgan fingerprint density at radius 3 is 1.26 bits per heavy atom. The van der Waals surface area contributed by atoms with Crippen molar-refractivity contribution in [1.29, 1.82) is 0 Å². The van der Waals surface area contributed by atoms with Crippen LogP contribution < -0.4 is 0 Å². The summed E-state index contributed by atoms with van der Waals surface area (Å²) >= 11 is 0. The van der Waals surface area contributed by atoms with E-state index in [0.29, 0.717) is 19.3 Å². The average Bonchev–Trinajstić information content (AvgIpc) is 3.00. The van der Waals surface area contributed by atoms with Crippen molar-refractivity contribution in [2.75, 3.05) is 0 Å². The van der Waals surface area contributed by atoms with Crippen LogP contribution in [0.1, 0.15) is 72.6 Å². The van der Waals surface area contributed by atoms with E-state index >= 15 is 0 Å². The largest absolute Gasteiger partial charge is 0.393 e. The third kappa shape index (κ3) is 5.18. The minimum absolute atomic E-state index is 0.0139. The van der Waals surface area contributed by atoms with Crippen molar-refractivity contribution in [2.45, 2.75) is 62.6 Å². The number of hydrogen-bond donors (Lipinski definition) is 2. The summed E-state index contributed by atoms with van der Waals surface area (Å²) in [4.78, 5) is 0. The Hall–Kier alpha value is -3.28. The van der Waals surface area contributed by atoms with Crippen molar-refractivity contribution >= 4 is 0 Å². The molecule has 4 heteroatoms. The highest BCUT2D eigenvalue weighted by molar-refractivity contribution is 5.29. The van der Waals surface area contributed by atoms with Crippen LogP contribution in [-0.4, -0.2) is 32.4 Å². The Morgan fingerprint density at radius 2 is 0.846 bits per heavy atom. The van der Waals surface area contributed by atoms with Crippen LogP contribution in [0.25, 0.3) is 0 Å². The number of nitrogens with zero attached hydrogens (tertiary/aromatic N) is 2. The molecule has 2 aliphatic heterocycles. The van der Waals surface area contributed by atoms with Crippen molar-refractivity contribution in [2.24, 2.45) is 5.92 Å². The normalized spacial score (nSPS) is 30.2. The highest BCUT2D eigenvalue weighted by atomic mass is 16.3. The third-order valence-electron chi connectivity index (χ3n) is 8.76. The van der Waals surface area contributed by atoms with Gasteiger partial charge in [-0.15, -0.1) is 0 Å². The Bertz CT molecular complexity index is 1270. The van der Waals surface area contributed by atoms with Crippen LogP contribution in [0.15, 0.2) is 121 Å². The standard InChI is InChI=1S/C35H38N2O2/c1-25-34(39)24-33(28-18-10-4-11-19-28)37(35(25)29-20-12-5-13-21-29)36-31(26-14-6-2-7-15-26)22-30(38)23-32(36)27-16-8-3-9-17-27/h2-21,25,30-35,38-39H,22-24H2,1H3. The van der Waals surface area contributed by atoms with Gasteiger partial charge in [0.2, 0.25) is 0 Å². The summed E-state index contributed by atoms with van der Waals surface area (Å²) in [6, 6.07) is 42.5. The molecular formula is C35H38N2O2. The maximum absolute atomic E-state index is 11.5. The molecule has 0 spiro atoms. The predicted molar refractivity (Wildman–Crippen MR) is 155 cm³/mol. The summed E-state index contributed by atoms with van der Waals surface area (Å²) in [6.07, 6.45) is 1.12. The summed E-state index contributed by atoms with van der Waals surface area (Å²) in [6.45, 7) is 2.18. The molecule has 0 bridgehead atoms. The molecule has 6 atom stereocenters. The molecule has 0 aromatic heterocycles. The molecule has 200 valence electrons. The van der Waals surface area contributed by atoms with Crippen LogP contribution in [-0.2, 0) is 0 Å². The van der Waals surface area contributed by atoms with E-state index in [2.05, 4.69) is 138 Å². The van der Waals surface area contributed by atoms with Crippen molar-refractivity contribution in [3.63, 3.8) is 0 Å². The summed E-state index contributed by atoms with van der Waals surface area (Å²) < 4.78 is 0. The summed E-state index contributed by atoms with van der Waals surface area (Å²) in [7, 11) is 0. The molecule has 4 nitrogen and oxygen atoms in total. The maximum atomic E-state index is 11.5. The lowest BCUT2D eigenvalue weighted by Gasteiger charge is -2.58. The molecule has 4 aromatic carbocycles. The zero-order valence-electron chi connectivity index (χ0n) is 22.5. The summed E-state index contributed by atoms with van der Waals surface area (Å²) in [5.41, 5.74) is 4.81. The first-order chi connectivity index (χ1) is 19.1. The lowest BCUT2D eigenvalue weighted by Crippen LogP contribution is -2.58. The summed E-state index contributed by atoms with van der Waals surface area (Å²) in [5.74, 6) is 0.0204. The van der Waals surface area contributed by atoms with Gasteiger partial charge in [0.15, 0.2) is 0 Å². The SMILES string of the molecule is CC1C(O)CC(c2ccccc2)N(N2C(c3ccccc3)CC(O)CC2c2ccccc2)C1c1ccccc1. The highest BCUT2D eigenvalue weighted by Crippen LogP contribution is 2.53. The molecule has 2 heterocycles. The van der Waals surface area contributed by atoms with E-state index in [1.165, 1.54) is 22.3 Å². The highest BCUT2D eigenvalue weighted by Gasteiger charge is 2.50. The van der Waals surface area contributed by atoms with Crippen molar-refractivity contribution in [3.05, 3.63) is 144 Å². The monoisotopic (exact) mass is 518 g/mol. The van der Waals surface area contributed by atoms with Gasteiger partial charge in [0.05, 0.1) is 36.4 Å². The topological polar surface area (TPSA) is 46.9 Å². The van der Waals surface area contributed by atoms with Crippen LogP contribution >= 0.6 is 0 Å². The second-order valence-electron chi connectivity index (χ2n) is 11.2. The second kappa shape index (κ2) is 11.4. The number of benzene rings is 4. The molecule has 6 rings (SSSR count). The first kappa shape index (κ1) is 26.0. The molecule has 4 aromatic rings. The van der Waals surface area contributed by atoms with E-state index in [0.717, 1.165) is 0 Å². The molecular weight excluding hydrogens is 480 g/mol. The van der Waals surface area contributed by atoms with Crippen LogP contribution in [0.4, 0.5) is 0 Å². The molecule has 0 radical (unpaired) electrons. The fraction of sp³-hybridized carbons (Fsp3) is 0.314. The van der Waals surface area contributed by atoms with E-state index in [9.17, 15) is 10.2 Å². The van der Waals surface area contributed by atoms with Gasteiger partial charge in [-0.3, -0.25) is 0 Å². The van der Waals surface area contributed by atoms with E-state index < -0.39 is 12.2 Å². The van der Waals surface area contributed by atoms with Crippen LogP contribution in [0.3, 0.4) is 0 Å². The summed E-state index contributed by atoms with van der Waals surface area (Å²) in [5, 5.41) is 27.9. The number of aliphatic hydroxyl groups excluding tert-OH is 2. The van der Waals surface area contributed by atoms with Gasteiger partial charge in [-0.25, -0.2) is 10.0 Å². The molecule has 6 unspecified atom stereocenters. The number of aliphatic hydroxyl groups is 2. The van der Waals surface area contributed by atoms with Gasteiger partial charge in [0, 0.05) is 5.92 Å². The first-order valence-corrected chi connectivity index (χ1v) is 14.2. The molecule has 2 aliphatic rings. The predicted octanol–water partition coefficient (Wildman–Crippen LogP) is 7.03. The zero-order valence-corrected chi connectivity index (χ0v) is 22.5. The molecule has 2 fully saturated rings. The number of hydrogen-bond acceptors (Lipinski definition) is 4. The van der Waals surface area contributed by atoms with Gasteiger partial charge in [0.1, 0.15) is 0 Å². The minimum atomic E-state index is -0.433. The lowest BCUT2D eigenvalue weighted by molar-refractivity contribution is -0.223. The van der Waals surface area contributed by atoms with Crippen LogP contribution in [0.5, 0.6) is 0 Å². The lowest BCUT2D eigenvalue weighted by atomic mass is 9.79. The zero-order chi connectivity index (χ0) is 26.8. The van der Waals surface area contributed by atoms with Gasteiger partial charge in [-0.05, 0) is 41.5 Å². The van der Waals surface area contributed by atoms with Crippen molar-refractivity contribution in [1.82, 2.24) is 10.0 Å². The Kier molecular flexibility index (Phi) is 7.62.